The molecular weight excluding hydrogens is 723 g/mol. The van der Waals surface area contributed by atoms with E-state index in [0.717, 1.165) is 39.0 Å². The summed E-state index contributed by atoms with van der Waals surface area (Å²) < 4.78 is 7.25. The topological polar surface area (TPSA) is 16.4 Å². The van der Waals surface area contributed by atoms with Crippen LogP contribution in [-0.4, -0.2) is 16.1 Å². The van der Waals surface area contributed by atoms with E-state index in [9.17, 15) is 0 Å². The van der Waals surface area contributed by atoms with E-state index < -0.39 is 21.6 Å². The number of hydrogen-bond donors (Lipinski definition) is 0. The first-order chi connectivity index (χ1) is 27.5. The molecule has 4 heteroatoms. The first kappa shape index (κ1) is 34.3. The van der Waals surface area contributed by atoms with E-state index in [1.807, 2.05) is 0 Å². The van der Waals surface area contributed by atoms with Gasteiger partial charge in [-0.1, -0.05) is 177 Å². The molecule has 1 heterocycles. The molecule has 2 aliphatic carbocycles. The van der Waals surface area contributed by atoms with Crippen LogP contribution >= 0.6 is 0 Å². The van der Waals surface area contributed by atoms with Crippen molar-refractivity contribution in [3.63, 3.8) is 0 Å². The average Bonchev–Trinajstić information content (AvgIpc) is 3.75. The minimum Gasteiger partial charge on any atom is -0.455 e. The van der Waals surface area contributed by atoms with Gasteiger partial charge in [0, 0.05) is 22.3 Å². The molecule has 8 aromatic carbocycles. The number of anilines is 3. The maximum absolute atomic E-state index is 7.25. The van der Waals surface area contributed by atoms with Crippen molar-refractivity contribution < 1.29 is 4.42 Å². The van der Waals surface area contributed by atoms with Crippen molar-refractivity contribution in [3.8, 4) is 22.3 Å². The third-order valence-electron chi connectivity index (χ3n) is 12.8. The second-order valence-electron chi connectivity index (χ2n) is 18.1. The highest BCUT2D eigenvalue weighted by atomic mass is 28.3. The lowest BCUT2D eigenvalue weighted by atomic mass is 9.61. The van der Waals surface area contributed by atoms with Crippen LogP contribution in [0.1, 0.15) is 22.3 Å². The van der Waals surface area contributed by atoms with Gasteiger partial charge in [0.05, 0.1) is 32.6 Å². The molecule has 9 aromatic rings. The van der Waals surface area contributed by atoms with Crippen LogP contribution in [0, 0.1) is 0 Å². The van der Waals surface area contributed by atoms with Gasteiger partial charge in [0.15, 0.2) is 0 Å². The van der Waals surface area contributed by atoms with Crippen LogP contribution in [-0.2, 0) is 5.41 Å². The number of furan rings is 1. The maximum atomic E-state index is 7.25. The van der Waals surface area contributed by atoms with Gasteiger partial charge in [0.25, 0.3) is 0 Å². The second-order valence-corrected chi connectivity index (χ2v) is 28.3. The van der Waals surface area contributed by atoms with Crippen LogP contribution in [0.4, 0.5) is 17.1 Å². The van der Waals surface area contributed by atoms with E-state index >= 15 is 0 Å². The number of rotatable bonds is 5. The van der Waals surface area contributed by atoms with Gasteiger partial charge in [-0.25, -0.2) is 0 Å². The molecule has 1 spiro atoms. The van der Waals surface area contributed by atoms with E-state index in [1.165, 1.54) is 65.7 Å². The van der Waals surface area contributed by atoms with E-state index in [4.69, 9.17) is 4.42 Å². The SMILES string of the molecule is C[Si](C)(C)c1ccc(N(c2ccc([Si](C)(C)C)cc2)c2cc3c(c4oc5ccccc5c24)-c2cccc4cccc(c24)C32c3ccccc3-c3ccccc32)cc1. The Kier molecular flexibility index (Phi) is 7.24. The first-order valence-corrected chi connectivity index (χ1v) is 27.3. The molecule has 0 atom stereocenters. The van der Waals surface area contributed by atoms with E-state index in [2.05, 4.69) is 208 Å². The van der Waals surface area contributed by atoms with Crippen molar-refractivity contribution in [2.75, 3.05) is 4.90 Å². The number of nitrogens with zero attached hydrogens (tertiary/aromatic N) is 1. The van der Waals surface area contributed by atoms with Crippen molar-refractivity contribution in [3.05, 3.63) is 186 Å². The number of benzene rings is 8. The van der Waals surface area contributed by atoms with Crippen molar-refractivity contribution in [2.24, 2.45) is 0 Å². The molecule has 0 aliphatic heterocycles. The summed E-state index contributed by atoms with van der Waals surface area (Å²) in [6.07, 6.45) is 0. The predicted octanol–water partition coefficient (Wildman–Crippen LogP) is 13.6. The summed E-state index contributed by atoms with van der Waals surface area (Å²) >= 11 is 0. The largest absolute Gasteiger partial charge is 0.455 e. The zero-order valence-electron chi connectivity index (χ0n) is 33.4. The third-order valence-corrected chi connectivity index (χ3v) is 16.9. The zero-order valence-corrected chi connectivity index (χ0v) is 35.4. The smallest absolute Gasteiger partial charge is 0.145 e. The van der Waals surface area contributed by atoms with Crippen LogP contribution in [0.15, 0.2) is 168 Å². The zero-order chi connectivity index (χ0) is 38.8. The molecule has 0 amide bonds. The molecule has 1 aromatic heterocycles. The van der Waals surface area contributed by atoms with Crippen molar-refractivity contribution in [1.29, 1.82) is 0 Å². The Morgan fingerprint density at radius 2 is 0.965 bits per heavy atom. The number of hydrogen-bond acceptors (Lipinski definition) is 2. The molecule has 11 rings (SSSR count). The summed E-state index contributed by atoms with van der Waals surface area (Å²) in [6, 6.07) is 62.0. The molecule has 57 heavy (non-hydrogen) atoms. The lowest BCUT2D eigenvalue weighted by molar-refractivity contribution is 0.667. The molecule has 2 aliphatic rings. The molecule has 0 radical (unpaired) electrons. The van der Waals surface area contributed by atoms with Crippen LogP contribution < -0.4 is 15.3 Å². The normalized spacial score (nSPS) is 13.9. The minimum absolute atomic E-state index is 0.576. The third kappa shape index (κ3) is 4.81. The Bertz CT molecular complexity index is 2980. The van der Waals surface area contributed by atoms with E-state index in [0.29, 0.717) is 0 Å². The van der Waals surface area contributed by atoms with E-state index in [1.54, 1.807) is 0 Å². The maximum Gasteiger partial charge on any atom is 0.145 e. The van der Waals surface area contributed by atoms with Crippen LogP contribution in [0.5, 0.6) is 0 Å². The van der Waals surface area contributed by atoms with Gasteiger partial charge in [0.1, 0.15) is 11.2 Å². The summed E-state index contributed by atoms with van der Waals surface area (Å²) in [7, 11) is -3.08. The molecule has 2 nitrogen and oxygen atoms in total. The first-order valence-electron chi connectivity index (χ1n) is 20.3. The number of para-hydroxylation sites is 1. The summed E-state index contributed by atoms with van der Waals surface area (Å²) in [5.74, 6) is 0. The Balaban J connectivity index is 1.33. The van der Waals surface area contributed by atoms with Gasteiger partial charge >= 0.3 is 0 Å². The fourth-order valence-corrected chi connectivity index (χ4v) is 12.4. The van der Waals surface area contributed by atoms with Crippen molar-refractivity contribution in [1.82, 2.24) is 0 Å². The highest BCUT2D eigenvalue weighted by Gasteiger charge is 2.51. The fourth-order valence-electron chi connectivity index (χ4n) is 10.1. The van der Waals surface area contributed by atoms with Crippen LogP contribution in [0.25, 0.3) is 55.0 Å². The Hall–Kier alpha value is -5.95. The fraction of sp³-hybridized carbons (Fsp3) is 0.132. The van der Waals surface area contributed by atoms with Gasteiger partial charge in [-0.15, -0.1) is 0 Å². The highest BCUT2D eigenvalue weighted by Crippen LogP contribution is 2.64. The van der Waals surface area contributed by atoms with Gasteiger partial charge in [0.2, 0.25) is 0 Å². The molecule has 276 valence electrons. The highest BCUT2D eigenvalue weighted by molar-refractivity contribution is 6.89. The lowest BCUT2D eigenvalue weighted by Gasteiger charge is -2.41. The standard InChI is InChI=1S/C53H45NOSi2/c1-56(2,3)37-29-25-35(26-30-37)54(36-27-31-38(32-28-36)57(4,5)6)47-33-46-50(52-51(47)41-19-9-12-24-48(41)55-52)42-20-13-15-34-16-14-23-45(49(34)42)53(46)43-21-10-7-17-39(43)40-18-8-11-22-44(40)53/h7-33H,1-6H3. The molecule has 0 N–H and O–H groups in total. The van der Waals surface area contributed by atoms with Gasteiger partial charge < -0.3 is 9.32 Å². The molecular formula is C53H45NOSi2. The Labute approximate surface area is 337 Å². The lowest BCUT2D eigenvalue weighted by Crippen LogP contribution is -2.37. The molecule has 0 unspecified atom stereocenters. The van der Waals surface area contributed by atoms with Gasteiger partial charge in [-0.05, 0) is 86.1 Å². The van der Waals surface area contributed by atoms with Crippen LogP contribution in [0.3, 0.4) is 0 Å². The summed E-state index contributed by atoms with van der Waals surface area (Å²) in [5.41, 5.74) is 14.9. The van der Waals surface area contributed by atoms with Crippen molar-refractivity contribution >= 4 is 76.3 Å². The predicted molar refractivity (Wildman–Crippen MR) is 248 cm³/mol. The minimum atomic E-state index is -1.54. The number of fused-ring (bicyclic) bond motifs is 13. The quantitative estimate of drug-likeness (QED) is 0.162. The summed E-state index contributed by atoms with van der Waals surface area (Å²) in [5, 5.41) is 7.71. The second kappa shape index (κ2) is 12.0. The Morgan fingerprint density at radius 3 is 1.56 bits per heavy atom. The average molecular weight is 768 g/mol. The summed E-state index contributed by atoms with van der Waals surface area (Å²) in [4.78, 5) is 2.51. The Morgan fingerprint density at radius 1 is 0.456 bits per heavy atom. The van der Waals surface area contributed by atoms with Gasteiger partial charge in [-0.2, -0.15) is 0 Å². The van der Waals surface area contributed by atoms with E-state index in [-0.39, 0.29) is 0 Å². The monoisotopic (exact) mass is 767 g/mol. The van der Waals surface area contributed by atoms with Gasteiger partial charge in [-0.3, -0.25) is 0 Å². The van der Waals surface area contributed by atoms with Crippen molar-refractivity contribution in [2.45, 2.75) is 44.7 Å². The summed E-state index contributed by atoms with van der Waals surface area (Å²) in [6.45, 7) is 14.6. The molecule has 0 fully saturated rings. The molecule has 0 saturated heterocycles. The van der Waals surface area contributed by atoms with Crippen LogP contribution in [0.2, 0.25) is 39.3 Å². The molecule has 0 bridgehead atoms. The molecule has 0 saturated carbocycles.